The van der Waals surface area contributed by atoms with Gasteiger partial charge in [-0.25, -0.2) is 9.97 Å². The number of nitrogens with one attached hydrogen (secondary N) is 2. The van der Waals surface area contributed by atoms with E-state index in [2.05, 4.69) is 25.3 Å². The molecule has 30 heavy (non-hydrogen) atoms. The van der Waals surface area contributed by atoms with Crippen molar-refractivity contribution in [3.8, 4) is 11.6 Å². The number of amides is 1. The fourth-order valence-corrected chi connectivity index (χ4v) is 3.34. The summed E-state index contributed by atoms with van der Waals surface area (Å²) in [5.41, 5.74) is 1.71. The average molecular weight is 408 g/mol. The number of carbonyl (C=O) groups excluding carboxylic acids is 1. The summed E-state index contributed by atoms with van der Waals surface area (Å²) in [7, 11) is 1.81. The Labute approximate surface area is 173 Å². The van der Waals surface area contributed by atoms with Crippen molar-refractivity contribution in [2.75, 3.05) is 32.1 Å². The first kappa shape index (κ1) is 19.7. The number of hydrogen-bond acceptors (Lipinski definition) is 7. The molecule has 4 rings (SSSR count). The predicted molar refractivity (Wildman–Crippen MR) is 115 cm³/mol. The second kappa shape index (κ2) is 8.81. The molecule has 0 aliphatic carbocycles. The molecule has 9 heteroatoms. The van der Waals surface area contributed by atoms with Crippen molar-refractivity contribution in [2.45, 2.75) is 19.3 Å². The first-order valence-electron chi connectivity index (χ1n) is 9.92. The lowest BCUT2D eigenvalue weighted by molar-refractivity contribution is -0.130. The number of fused-ring (bicyclic) bond motifs is 2. The van der Waals surface area contributed by atoms with Gasteiger partial charge in [0.2, 0.25) is 5.91 Å². The smallest absolute Gasteiger partial charge is 0.222 e. The Morgan fingerprint density at radius 1 is 1.23 bits per heavy atom. The van der Waals surface area contributed by atoms with Crippen molar-refractivity contribution < 1.29 is 14.6 Å². The largest absolute Gasteiger partial charge is 0.494 e. The fourth-order valence-electron chi connectivity index (χ4n) is 3.34. The lowest BCUT2D eigenvalue weighted by atomic mass is 10.2. The van der Waals surface area contributed by atoms with E-state index < -0.39 is 0 Å². The zero-order chi connectivity index (χ0) is 20.9. The van der Waals surface area contributed by atoms with Crippen molar-refractivity contribution in [1.82, 2.24) is 19.9 Å². The number of aromatic hydroxyl groups is 1. The number of ether oxygens (including phenoxy) is 1. The molecule has 2 aromatic heterocycles. The van der Waals surface area contributed by atoms with Crippen LogP contribution in [0.25, 0.3) is 11.0 Å². The molecule has 0 saturated heterocycles. The van der Waals surface area contributed by atoms with E-state index in [0.717, 1.165) is 6.42 Å². The summed E-state index contributed by atoms with van der Waals surface area (Å²) in [6, 6.07) is 7.37. The van der Waals surface area contributed by atoms with Gasteiger partial charge in [-0.3, -0.25) is 9.79 Å². The highest BCUT2D eigenvalue weighted by atomic mass is 16.5. The number of aromatic amines is 1. The van der Waals surface area contributed by atoms with Gasteiger partial charge in [0.05, 0.1) is 23.2 Å². The molecule has 9 nitrogen and oxygen atoms in total. The molecule has 3 heterocycles. The van der Waals surface area contributed by atoms with Crippen LogP contribution in [0.4, 0.5) is 11.5 Å². The van der Waals surface area contributed by atoms with Gasteiger partial charge in [-0.15, -0.1) is 0 Å². The molecule has 0 atom stereocenters. The fraction of sp³-hybridized carbons (Fsp3) is 0.333. The maximum atomic E-state index is 12.3. The van der Waals surface area contributed by atoms with Crippen LogP contribution in [0.2, 0.25) is 0 Å². The van der Waals surface area contributed by atoms with Gasteiger partial charge in [-0.2, -0.15) is 0 Å². The Morgan fingerprint density at radius 2 is 2.13 bits per heavy atom. The standard InChI is InChI=1S/C21H24N6O3/c1-27-9-4-8-22-19-18-16(21(29)26-20(18)25-13-24-19)12-23-14-5-2-6-15(11-14)30-10-3-7-17(27)28/h2,5-6,11-13,29H,3-4,7-10H2,1H3,(H2,22,24,25,26). The van der Waals surface area contributed by atoms with Crippen LogP contribution < -0.4 is 10.1 Å². The van der Waals surface area contributed by atoms with Crippen LogP contribution in [0.15, 0.2) is 35.6 Å². The summed E-state index contributed by atoms with van der Waals surface area (Å²) in [6.45, 7) is 1.71. The van der Waals surface area contributed by atoms with Crippen LogP contribution in [-0.2, 0) is 4.79 Å². The number of H-pyrrole nitrogens is 1. The molecule has 3 aromatic rings. The van der Waals surface area contributed by atoms with E-state index in [-0.39, 0.29) is 11.8 Å². The van der Waals surface area contributed by atoms with Gasteiger partial charge in [0.15, 0.2) is 5.88 Å². The second-order valence-corrected chi connectivity index (χ2v) is 7.14. The molecule has 1 aromatic carbocycles. The normalized spacial score (nSPS) is 15.9. The number of rotatable bonds is 0. The first-order valence-corrected chi connectivity index (χ1v) is 9.92. The molecule has 1 aliphatic heterocycles. The number of anilines is 1. The molecular formula is C21H24N6O3. The maximum absolute atomic E-state index is 12.3. The van der Waals surface area contributed by atoms with Crippen molar-refractivity contribution in [2.24, 2.45) is 4.99 Å². The van der Waals surface area contributed by atoms with E-state index in [9.17, 15) is 9.90 Å². The minimum absolute atomic E-state index is 0.0237. The van der Waals surface area contributed by atoms with Crippen molar-refractivity contribution in [1.29, 1.82) is 0 Å². The quantitative estimate of drug-likeness (QED) is 0.527. The molecule has 0 unspecified atom stereocenters. The average Bonchev–Trinajstić information content (AvgIpc) is 3.07. The molecular weight excluding hydrogens is 384 g/mol. The molecule has 0 spiro atoms. The zero-order valence-corrected chi connectivity index (χ0v) is 16.8. The van der Waals surface area contributed by atoms with Crippen LogP contribution in [-0.4, -0.2) is 63.8 Å². The van der Waals surface area contributed by atoms with Gasteiger partial charge in [0.25, 0.3) is 0 Å². The predicted octanol–water partition coefficient (Wildman–Crippen LogP) is 2.85. The molecule has 2 bridgehead atoms. The van der Waals surface area contributed by atoms with E-state index in [1.807, 2.05) is 31.3 Å². The third-order valence-electron chi connectivity index (χ3n) is 4.96. The van der Waals surface area contributed by atoms with E-state index in [1.54, 1.807) is 11.1 Å². The van der Waals surface area contributed by atoms with E-state index in [0.29, 0.717) is 66.4 Å². The number of carbonyl (C=O) groups is 1. The zero-order valence-electron chi connectivity index (χ0n) is 16.8. The molecule has 1 aliphatic rings. The van der Waals surface area contributed by atoms with Gasteiger partial charge in [0.1, 0.15) is 23.5 Å². The lowest BCUT2D eigenvalue weighted by Crippen LogP contribution is -2.29. The van der Waals surface area contributed by atoms with Gasteiger partial charge in [-0.05, 0) is 25.0 Å². The Bertz CT molecular complexity index is 1080. The molecule has 156 valence electrons. The Balaban J connectivity index is 1.69. The highest BCUT2D eigenvalue weighted by Gasteiger charge is 2.15. The summed E-state index contributed by atoms with van der Waals surface area (Å²) < 4.78 is 5.77. The number of aromatic nitrogens is 3. The molecule has 0 saturated carbocycles. The van der Waals surface area contributed by atoms with E-state index >= 15 is 0 Å². The van der Waals surface area contributed by atoms with E-state index in [4.69, 9.17) is 4.74 Å². The van der Waals surface area contributed by atoms with Crippen LogP contribution >= 0.6 is 0 Å². The number of hydrogen-bond donors (Lipinski definition) is 3. The second-order valence-electron chi connectivity index (χ2n) is 7.14. The minimum atomic E-state index is -0.0237. The monoisotopic (exact) mass is 408 g/mol. The SMILES string of the molecule is CN1CCCNc2ncnc3[nH]c(O)c(c23)C=Nc2cccc(c2)OCCCC1=O. The van der Waals surface area contributed by atoms with Crippen LogP contribution in [0.3, 0.4) is 0 Å². The number of aliphatic imine (C=N–C) groups is 1. The van der Waals surface area contributed by atoms with Gasteiger partial charge < -0.3 is 25.0 Å². The van der Waals surface area contributed by atoms with Gasteiger partial charge >= 0.3 is 0 Å². The topological polar surface area (TPSA) is 116 Å². The van der Waals surface area contributed by atoms with Crippen LogP contribution in [0.1, 0.15) is 24.8 Å². The summed E-state index contributed by atoms with van der Waals surface area (Å²) in [5.74, 6) is 1.36. The van der Waals surface area contributed by atoms with Gasteiger partial charge in [0, 0.05) is 38.8 Å². The van der Waals surface area contributed by atoms with Crippen LogP contribution in [0.5, 0.6) is 11.6 Å². The lowest BCUT2D eigenvalue weighted by Gasteiger charge is -2.17. The van der Waals surface area contributed by atoms with Crippen molar-refractivity contribution in [3.63, 3.8) is 0 Å². The van der Waals surface area contributed by atoms with Crippen molar-refractivity contribution >= 4 is 34.7 Å². The summed E-state index contributed by atoms with van der Waals surface area (Å²) >= 11 is 0. The Hall–Kier alpha value is -3.62. The van der Waals surface area contributed by atoms with Crippen molar-refractivity contribution in [3.05, 3.63) is 36.2 Å². The molecule has 0 radical (unpaired) electrons. The number of nitrogens with zero attached hydrogens (tertiary/aromatic N) is 4. The van der Waals surface area contributed by atoms with Gasteiger partial charge in [-0.1, -0.05) is 6.07 Å². The summed E-state index contributed by atoms with van der Waals surface area (Å²) in [4.78, 5) is 29.9. The minimum Gasteiger partial charge on any atom is -0.494 e. The highest BCUT2D eigenvalue weighted by molar-refractivity contribution is 6.06. The molecule has 1 amide bonds. The molecule has 3 N–H and O–H groups in total. The Morgan fingerprint density at radius 3 is 3.03 bits per heavy atom. The number of benzene rings is 1. The third kappa shape index (κ3) is 4.35. The Kier molecular flexibility index (Phi) is 5.78. The van der Waals surface area contributed by atoms with Crippen LogP contribution in [0, 0.1) is 0 Å². The summed E-state index contributed by atoms with van der Waals surface area (Å²) in [6.07, 6.45) is 4.88. The summed E-state index contributed by atoms with van der Waals surface area (Å²) in [5, 5.41) is 14.3. The third-order valence-corrected chi connectivity index (χ3v) is 4.96. The molecule has 0 fully saturated rings. The van der Waals surface area contributed by atoms with E-state index in [1.165, 1.54) is 6.33 Å². The maximum Gasteiger partial charge on any atom is 0.222 e. The highest BCUT2D eigenvalue weighted by Crippen LogP contribution is 2.30. The first-order chi connectivity index (χ1) is 14.6.